The molecule has 0 aliphatic carbocycles. The molecule has 1 heterocycles. The third-order valence-electron chi connectivity index (χ3n) is 4.63. The van der Waals surface area contributed by atoms with Crippen LogP contribution >= 0.6 is 11.3 Å². The lowest BCUT2D eigenvalue weighted by molar-refractivity contribution is -0.117. The SMILES string of the molecule is CCOc1ccc2c(c1)sc(=NC(=O)Cc1ccc(C)c(C)c1)n2CCOC. The molecule has 3 rings (SSSR count). The number of hydrogen-bond donors (Lipinski definition) is 0. The van der Waals surface area contributed by atoms with Crippen LogP contribution in [0.5, 0.6) is 5.75 Å². The highest BCUT2D eigenvalue weighted by molar-refractivity contribution is 7.16. The predicted molar refractivity (Wildman–Crippen MR) is 113 cm³/mol. The highest BCUT2D eigenvalue weighted by Crippen LogP contribution is 2.23. The van der Waals surface area contributed by atoms with Crippen LogP contribution in [-0.2, 0) is 22.5 Å². The van der Waals surface area contributed by atoms with Gasteiger partial charge in [-0.25, -0.2) is 0 Å². The number of carbonyl (C=O) groups is 1. The molecule has 0 N–H and O–H groups in total. The number of carbonyl (C=O) groups excluding carboxylic acids is 1. The van der Waals surface area contributed by atoms with Crippen molar-refractivity contribution in [3.05, 3.63) is 57.9 Å². The Morgan fingerprint density at radius 3 is 2.68 bits per heavy atom. The minimum atomic E-state index is -0.147. The fraction of sp³-hybridized carbons (Fsp3) is 0.364. The monoisotopic (exact) mass is 398 g/mol. The average Bonchev–Trinajstić information content (AvgIpc) is 2.99. The fourth-order valence-corrected chi connectivity index (χ4v) is 4.13. The van der Waals surface area contributed by atoms with Crippen LogP contribution in [0.25, 0.3) is 10.2 Å². The molecule has 0 saturated heterocycles. The molecular weight excluding hydrogens is 372 g/mol. The average molecular weight is 399 g/mol. The van der Waals surface area contributed by atoms with Crippen molar-refractivity contribution in [3.63, 3.8) is 0 Å². The maximum absolute atomic E-state index is 12.6. The molecule has 5 nitrogen and oxygen atoms in total. The largest absolute Gasteiger partial charge is 0.494 e. The van der Waals surface area contributed by atoms with Gasteiger partial charge in [-0.1, -0.05) is 29.5 Å². The molecule has 1 amide bonds. The van der Waals surface area contributed by atoms with Crippen LogP contribution in [0.4, 0.5) is 0 Å². The zero-order chi connectivity index (χ0) is 20.1. The van der Waals surface area contributed by atoms with E-state index in [0.29, 0.717) is 31.0 Å². The standard InChI is InChI=1S/C22H26N2O3S/c1-5-27-18-8-9-19-20(14-18)28-22(24(19)10-11-26-4)23-21(25)13-17-7-6-15(2)16(3)12-17/h6-9,12,14H,5,10-11,13H2,1-4H3. The lowest BCUT2D eigenvalue weighted by Gasteiger charge is -2.06. The van der Waals surface area contributed by atoms with Crippen molar-refractivity contribution in [2.24, 2.45) is 4.99 Å². The summed E-state index contributed by atoms with van der Waals surface area (Å²) in [4.78, 5) is 17.7. The van der Waals surface area contributed by atoms with Crippen molar-refractivity contribution in [1.82, 2.24) is 4.57 Å². The number of aryl methyl sites for hydroxylation is 2. The number of benzene rings is 2. The van der Waals surface area contributed by atoms with Gasteiger partial charge in [0.05, 0.1) is 29.9 Å². The Balaban J connectivity index is 1.96. The highest BCUT2D eigenvalue weighted by atomic mass is 32.1. The van der Waals surface area contributed by atoms with Gasteiger partial charge in [0.15, 0.2) is 4.80 Å². The maximum atomic E-state index is 12.6. The molecule has 0 aliphatic rings. The molecule has 2 aromatic carbocycles. The van der Waals surface area contributed by atoms with Gasteiger partial charge in [0.1, 0.15) is 5.75 Å². The summed E-state index contributed by atoms with van der Waals surface area (Å²) in [6.07, 6.45) is 0.295. The Labute approximate surface area is 169 Å². The van der Waals surface area contributed by atoms with E-state index in [2.05, 4.69) is 24.9 Å². The van der Waals surface area contributed by atoms with E-state index in [1.165, 1.54) is 22.5 Å². The van der Waals surface area contributed by atoms with E-state index in [4.69, 9.17) is 9.47 Å². The number of amides is 1. The first-order valence-electron chi connectivity index (χ1n) is 9.40. The van der Waals surface area contributed by atoms with Crippen LogP contribution in [0.3, 0.4) is 0 Å². The first-order chi connectivity index (χ1) is 13.5. The van der Waals surface area contributed by atoms with Gasteiger partial charge in [-0.15, -0.1) is 0 Å². The van der Waals surface area contributed by atoms with E-state index in [0.717, 1.165) is 21.5 Å². The van der Waals surface area contributed by atoms with Crippen LogP contribution in [0.15, 0.2) is 41.4 Å². The van der Waals surface area contributed by atoms with Crippen molar-refractivity contribution in [1.29, 1.82) is 0 Å². The van der Waals surface area contributed by atoms with Gasteiger partial charge in [-0.2, -0.15) is 4.99 Å². The van der Waals surface area contributed by atoms with Gasteiger partial charge < -0.3 is 14.0 Å². The second-order valence-electron chi connectivity index (χ2n) is 6.69. The number of ether oxygens (including phenoxy) is 2. The van der Waals surface area contributed by atoms with Crippen LogP contribution in [0, 0.1) is 13.8 Å². The van der Waals surface area contributed by atoms with Crippen LogP contribution in [-0.4, -0.2) is 30.8 Å². The van der Waals surface area contributed by atoms with Crippen molar-refractivity contribution in [3.8, 4) is 5.75 Å². The number of aromatic nitrogens is 1. The van der Waals surface area contributed by atoms with E-state index < -0.39 is 0 Å². The number of thiazole rings is 1. The van der Waals surface area contributed by atoms with Crippen molar-refractivity contribution in [2.75, 3.05) is 20.3 Å². The van der Waals surface area contributed by atoms with Gasteiger partial charge in [0, 0.05) is 13.7 Å². The van der Waals surface area contributed by atoms with Crippen molar-refractivity contribution < 1.29 is 14.3 Å². The normalized spacial score (nSPS) is 11.9. The van der Waals surface area contributed by atoms with Crippen molar-refractivity contribution in [2.45, 2.75) is 33.7 Å². The summed E-state index contributed by atoms with van der Waals surface area (Å²) >= 11 is 1.50. The summed E-state index contributed by atoms with van der Waals surface area (Å²) in [5.74, 6) is 0.675. The first kappa shape index (κ1) is 20.3. The zero-order valence-electron chi connectivity index (χ0n) is 16.8. The summed E-state index contributed by atoms with van der Waals surface area (Å²) in [5.41, 5.74) is 4.43. The van der Waals surface area contributed by atoms with E-state index in [1.54, 1.807) is 7.11 Å². The third-order valence-corrected chi connectivity index (χ3v) is 5.67. The molecule has 0 bridgehead atoms. The molecule has 148 valence electrons. The Morgan fingerprint density at radius 2 is 1.96 bits per heavy atom. The van der Waals surface area contributed by atoms with Gasteiger partial charge in [0.2, 0.25) is 0 Å². The number of rotatable bonds is 7. The van der Waals surface area contributed by atoms with Gasteiger partial charge in [0.25, 0.3) is 5.91 Å². The number of fused-ring (bicyclic) bond motifs is 1. The van der Waals surface area contributed by atoms with Gasteiger partial charge in [-0.3, -0.25) is 4.79 Å². The van der Waals surface area contributed by atoms with Gasteiger partial charge in [-0.05, 0) is 55.7 Å². The molecule has 0 fully saturated rings. The summed E-state index contributed by atoms with van der Waals surface area (Å²) in [5, 5.41) is 0. The smallest absolute Gasteiger partial charge is 0.252 e. The Morgan fingerprint density at radius 1 is 1.14 bits per heavy atom. The molecule has 0 unspecified atom stereocenters. The second-order valence-corrected chi connectivity index (χ2v) is 7.70. The number of hydrogen-bond acceptors (Lipinski definition) is 4. The summed E-state index contributed by atoms with van der Waals surface area (Å²) in [6, 6.07) is 12.1. The van der Waals surface area contributed by atoms with Crippen LogP contribution in [0.1, 0.15) is 23.6 Å². The topological polar surface area (TPSA) is 52.8 Å². The summed E-state index contributed by atoms with van der Waals surface area (Å²) in [7, 11) is 1.67. The van der Waals surface area contributed by atoms with E-state index in [1.807, 2.05) is 41.8 Å². The van der Waals surface area contributed by atoms with E-state index in [9.17, 15) is 4.79 Å². The Kier molecular flexibility index (Phi) is 6.65. The summed E-state index contributed by atoms with van der Waals surface area (Å²) < 4.78 is 13.9. The lowest BCUT2D eigenvalue weighted by Crippen LogP contribution is -2.19. The first-order valence-corrected chi connectivity index (χ1v) is 10.2. The molecule has 3 aromatic rings. The second kappa shape index (κ2) is 9.17. The highest BCUT2D eigenvalue weighted by Gasteiger charge is 2.10. The van der Waals surface area contributed by atoms with E-state index >= 15 is 0 Å². The fourth-order valence-electron chi connectivity index (χ4n) is 3.03. The minimum absolute atomic E-state index is 0.147. The molecule has 28 heavy (non-hydrogen) atoms. The summed E-state index contributed by atoms with van der Waals surface area (Å²) in [6.45, 7) is 7.90. The molecule has 1 aromatic heterocycles. The molecule has 0 atom stereocenters. The number of methoxy groups -OCH3 is 1. The Bertz CT molecular complexity index is 1050. The predicted octanol–water partition coefficient (Wildman–Crippen LogP) is 4.03. The quantitative estimate of drug-likeness (QED) is 0.604. The maximum Gasteiger partial charge on any atom is 0.252 e. The molecular formula is C22H26N2O3S. The zero-order valence-corrected chi connectivity index (χ0v) is 17.6. The number of nitrogens with zero attached hydrogens (tertiary/aromatic N) is 2. The molecule has 0 spiro atoms. The molecule has 0 radical (unpaired) electrons. The van der Waals surface area contributed by atoms with Gasteiger partial charge >= 0.3 is 0 Å². The van der Waals surface area contributed by atoms with E-state index in [-0.39, 0.29) is 5.91 Å². The molecule has 0 saturated carbocycles. The van der Waals surface area contributed by atoms with Crippen molar-refractivity contribution >= 4 is 27.5 Å². The van der Waals surface area contributed by atoms with Crippen LogP contribution in [0.2, 0.25) is 0 Å². The van der Waals surface area contributed by atoms with Crippen LogP contribution < -0.4 is 9.54 Å². The lowest BCUT2D eigenvalue weighted by atomic mass is 10.0. The minimum Gasteiger partial charge on any atom is -0.494 e. The molecule has 0 aliphatic heterocycles. The third kappa shape index (κ3) is 4.69. The Hall–Kier alpha value is -2.44. The molecule has 6 heteroatoms.